The van der Waals surface area contributed by atoms with Gasteiger partial charge in [0.15, 0.2) is 0 Å². The minimum Gasteiger partial charge on any atom is -0.507 e. The molecule has 4 heteroatoms. The molecule has 36 heavy (non-hydrogen) atoms. The molecule has 1 aliphatic carbocycles. The van der Waals surface area contributed by atoms with E-state index in [9.17, 15) is 10.2 Å². The van der Waals surface area contributed by atoms with E-state index < -0.39 is 0 Å². The molecule has 2 aromatic carbocycles. The smallest absolute Gasteiger partial charge is 0.122 e. The molecule has 2 atom stereocenters. The van der Waals surface area contributed by atoms with E-state index in [2.05, 4.69) is 65.8 Å². The highest BCUT2D eigenvalue weighted by Gasteiger charge is 2.26. The lowest BCUT2D eigenvalue weighted by atomic mass is 9.85. The number of hydrogen-bond acceptors (Lipinski definition) is 4. The summed E-state index contributed by atoms with van der Waals surface area (Å²) in [6.07, 6.45) is 7.68. The van der Waals surface area contributed by atoms with E-state index in [4.69, 9.17) is 0 Å². The zero-order chi connectivity index (χ0) is 26.7. The van der Waals surface area contributed by atoms with Gasteiger partial charge in [0, 0.05) is 33.1 Å². The van der Waals surface area contributed by atoms with Crippen molar-refractivity contribution in [1.29, 1.82) is 0 Å². The van der Waals surface area contributed by atoms with Gasteiger partial charge in [0.2, 0.25) is 0 Å². The Kier molecular flexibility index (Phi) is 9.82. The van der Waals surface area contributed by atoms with Gasteiger partial charge in [0.05, 0.1) is 0 Å². The summed E-state index contributed by atoms with van der Waals surface area (Å²) in [5.74, 6) is 2.62. The van der Waals surface area contributed by atoms with Gasteiger partial charge in [0.25, 0.3) is 0 Å². The fourth-order valence-electron chi connectivity index (χ4n) is 4.98. The highest BCUT2D eigenvalue weighted by molar-refractivity contribution is 8.03. The summed E-state index contributed by atoms with van der Waals surface area (Å²) in [6.45, 7) is 17.5. The molecule has 0 spiro atoms. The Labute approximate surface area is 229 Å². The van der Waals surface area contributed by atoms with E-state index in [1.807, 2.05) is 37.4 Å². The first-order valence-corrected chi connectivity index (χ1v) is 15.8. The average molecular weight is 529 g/mol. The molecule has 0 radical (unpaired) electrons. The molecular formula is C32H48O2S2. The maximum absolute atomic E-state index is 10.8. The lowest BCUT2D eigenvalue weighted by Crippen LogP contribution is -2.22. The third kappa shape index (κ3) is 7.63. The van der Waals surface area contributed by atoms with Crippen LogP contribution in [0.2, 0.25) is 0 Å². The molecule has 0 unspecified atom stereocenters. The lowest BCUT2D eigenvalue weighted by molar-refractivity contribution is 0.464. The van der Waals surface area contributed by atoms with Crippen LogP contribution in [0.15, 0.2) is 24.3 Å². The number of phenols is 2. The Hall–Kier alpha value is -1.26. The number of hydrogen-bond donors (Lipinski definition) is 2. The van der Waals surface area contributed by atoms with E-state index in [1.165, 1.54) is 49.7 Å². The van der Waals surface area contributed by atoms with Gasteiger partial charge < -0.3 is 10.2 Å². The fourth-order valence-corrected chi connectivity index (χ4v) is 8.05. The Morgan fingerprint density at radius 2 is 1.00 bits per heavy atom. The van der Waals surface area contributed by atoms with E-state index in [0.29, 0.717) is 22.0 Å². The molecule has 1 aliphatic rings. The van der Waals surface area contributed by atoms with Crippen molar-refractivity contribution in [3.05, 3.63) is 57.6 Å². The van der Waals surface area contributed by atoms with Gasteiger partial charge >= 0.3 is 0 Å². The van der Waals surface area contributed by atoms with Gasteiger partial charge in [-0.05, 0) is 59.8 Å². The van der Waals surface area contributed by atoms with Crippen LogP contribution in [-0.4, -0.2) is 20.7 Å². The largest absolute Gasteiger partial charge is 0.507 e. The van der Waals surface area contributed by atoms with Gasteiger partial charge in [-0.3, -0.25) is 0 Å². The standard InChI is InChI=1S/C32H48O2S2/c1-21-15-25(31(3,4)5)17-23(29(21)33)19-35-27-13-11-9-10-12-14-28(27)36-20-24-18-26(32(6,7)8)16-22(2)30(24)34/h15-18,27-28,33-34H,9-14,19-20H2,1-8H3/t27-,28-/m0/s1. The second-order valence-electron chi connectivity index (χ2n) is 12.8. The monoisotopic (exact) mass is 528 g/mol. The van der Waals surface area contributed by atoms with E-state index in [0.717, 1.165) is 33.8 Å². The van der Waals surface area contributed by atoms with Crippen molar-refractivity contribution in [2.24, 2.45) is 0 Å². The molecule has 2 nitrogen and oxygen atoms in total. The molecule has 3 rings (SSSR count). The van der Waals surface area contributed by atoms with Gasteiger partial charge in [-0.1, -0.05) is 91.5 Å². The zero-order valence-corrected chi connectivity index (χ0v) is 25.5. The van der Waals surface area contributed by atoms with Gasteiger partial charge in [-0.15, -0.1) is 0 Å². The van der Waals surface area contributed by atoms with E-state index in [1.54, 1.807) is 0 Å². The van der Waals surface area contributed by atoms with Crippen LogP contribution in [-0.2, 0) is 22.3 Å². The Morgan fingerprint density at radius 1 is 0.639 bits per heavy atom. The predicted molar refractivity (Wildman–Crippen MR) is 161 cm³/mol. The Balaban J connectivity index is 1.78. The summed E-state index contributed by atoms with van der Waals surface area (Å²) >= 11 is 4.06. The Morgan fingerprint density at radius 3 is 1.33 bits per heavy atom. The highest BCUT2D eigenvalue weighted by atomic mass is 32.2. The minimum atomic E-state index is 0.0677. The van der Waals surface area contributed by atoms with Crippen LogP contribution < -0.4 is 0 Å². The van der Waals surface area contributed by atoms with Crippen molar-refractivity contribution in [3.8, 4) is 11.5 Å². The third-order valence-electron chi connectivity index (χ3n) is 7.54. The topological polar surface area (TPSA) is 40.5 Å². The van der Waals surface area contributed by atoms with Crippen molar-refractivity contribution in [2.75, 3.05) is 0 Å². The fraction of sp³-hybridized carbons (Fsp3) is 0.625. The summed E-state index contributed by atoms with van der Waals surface area (Å²) in [5.41, 5.74) is 6.82. The lowest BCUT2D eigenvalue weighted by Gasteiger charge is -2.29. The first-order valence-electron chi connectivity index (χ1n) is 13.7. The van der Waals surface area contributed by atoms with Crippen LogP contribution in [0.5, 0.6) is 11.5 Å². The SMILES string of the molecule is Cc1cc(C(C)(C)C)cc(CS[C@H]2CCCCCC[C@@H]2SCc2cc(C(C)(C)C)cc(C)c2O)c1O. The maximum atomic E-state index is 10.8. The number of rotatable bonds is 6. The zero-order valence-electron chi connectivity index (χ0n) is 23.8. The third-order valence-corrected chi connectivity index (χ3v) is 10.7. The number of benzene rings is 2. The summed E-state index contributed by atoms with van der Waals surface area (Å²) in [6, 6.07) is 8.72. The molecule has 0 bridgehead atoms. The van der Waals surface area contributed by atoms with Crippen LogP contribution in [0, 0.1) is 13.8 Å². The van der Waals surface area contributed by atoms with E-state index in [-0.39, 0.29) is 10.8 Å². The molecule has 0 heterocycles. The second-order valence-corrected chi connectivity index (χ2v) is 15.2. The van der Waals surface area contributed by atoms with Crippen LogP contribution in [0.3, 0.4) is 0 Å². The molecule has 200 valence electrons. The summed E-state index contributed by atoms with van der Waals surface area (Å²) in [7, 11) is 0. The average Bonchev–Trinajstić information content (AvgIpc) is 2.76. The molecule has 0 amide bonds. The number of aromatic hydroxyl groups is 2. The van der Waals surface area contributed by atoms with Crippen LogP contribution in [0.1, 0.15) is 113 Å². The van der Waals surface area contributed by atoms with Crippen molar-refractivity contribution < 1.29 is 10.2 Å². The van der Waals surface area contributed by atoms with Crippen LogP contribution >= 0.6 is 23.5 Å². The molecule has 1 fully saturated rings. The first-order chi connectivity index (χ1) is 16.8. The second kappa shape index (κ2) is 12.1. The van der Waals surface area contributed by atoms with E-state index >= 15 is 0 Å². The number of thioether (sulfide) groups is 2. The van der Waals surface area contributed by atoms with Gasteiger partial charge in [-0.2, -0.15) is 23.5 Å². The number of aryl methyl sites for hydroxylation is 2. The Bertz CT molecular complexity index is 946. The summed E-state index contributed by atoms with van der Waals surface area (Å²) in [5, 5.41) is 22.8. The molecule has 2 N–H and O–H groups in total. The molecule has 0 aromatic heterocycles. The van der Waals surface area contributed by atoms with Crippen molar-refractivity contribution in [2.45, 2.75) is 127 Å². The molecule has 0 saturated heterocycles. The van der Waals surface area contributed by atoms with Crippen LogP contribution in [0.4, 0.5) is 0 Å². The van der Waals surface area contributed by atoms with Crippen LogP contribution in [0.25, 0.3) is 0 Å². The van der Waals surface area contributed by atoms with Crippen molar-refractivity contribution >= 4 is 23.5 Å². The van der Waals surface area contributed by atoms with Gasteiger partial charge in [0.1, 0.15) is 11.5 Å². The summed E-state index contributed by atoms with van der Waals surface area (Å²) < 4.78 is 0. The minimum absolute atomic E-state index is 0.0677. The molecular weight excluding hydrogens is 480 g/mol. The van der Waals surface area contributed by atoms with Crippen molar-refractivity contribution in [1.82, 2.24) is 0 Å². The van der Waals surface area contributed by atoms with Crippen molar-refractivity contribution in [3.63, 3.8) is 0 Å². The normalized spacial score (nSPS) is 19.7. The molecule has 1 saturated carbocycles. The quantitative estimate of drug-likeness (QED) is 0.391. The first kappa shape index (κ1) is 29.3. The highest BCUT2D eigenvalue weighted by Crippen LogP contribution is 2.41. The van der Waals surface area contributed by atoms with Gasteiger partial charge in [-0.25, -0.2) is 0 Å². The summed E-state index contributed by atoms with van der Waals surface area (Å²) in [4.78, 5) is 0. The maximum Gasteiger partial charge on any atom is 0.122 e. The predicted octanol–water partition coefficient (Wildman–Crippen LogP) is 9.57. The number of phenolic OH excluding ortho intramolecular Hbond substituents is 2. The molecule has 0 aliphatic heterocycles. The molecule has 2 aromatic rings.